The van der Waals surface area contributed by atoms with E-state index in [1.807, 2.05) is 24.0 Å². The van der Waals surface area contributed by atoms with Gasteiger partial charge in [-0.2, -0.15) is 5.10 Å². The van der Waals surface area contributed by atoms with Crippen molar-refractivity contribution in [2.45, 2.75) is 45.7 Å². The zero-order valence-corrected chi connectivity index (χ0v) is 14.2. The number of aliphatic imine (C=N–C) groups is 1. The Morgan fingerprint density at radius 1 is 1.36 bits per heavy atom. The maximum Gasteiger partial charge on any atom is 0.191 e. The lowest BCUT2D eigenvalue weighted by Crippen LogP contribution is -2.48. The van der Waals surface area contributed by atoms with Crippen molar-refractivity contribution in [1.82, 2.24) is 25.3 Å². The fourth-order valence-electron chi connectivity index (χ4n) is 2.85. The lowest BCUT2D eigenvalue weighted by Gasteiger charge is -2.32. The molecule has 0 amide bonds. The van der Waals surface area contributed by atoms with Gasteiger partial charge < -0.3 is 15.5 Å². The molecule has 0 spiro atoms. The van der Waals surface area contributed by atoms with Crippen LogP contribution in [0.1, 0.15) is 38.8 Å². The number of aromatic nitrogens is 2. The first-order valence-corrected chi connectivity index (χ1v) is 8.47. The molecule has 0 atom stereocenters. The molecule has 1 fully saturated rings. The van der Waals surface area contributed by atoms with Crippen LogP contribution in [0.3, 0.4) is 0 Å². The van der Waals surface area contributed by atoms with Gasteiger partial charge in [0, 0.05) is 38.9 Å². The number of likely N-dealkylation sites (tertiary alicyclic amines) is 1. The highest BCUT2D eigenvalue weighted by Gasteiger charge is 2.19. The van der Waals surface area contributed by atoms with Gasteiger partial charge in [-0.1, -0.05) is 6.92 Å². The SMILES string of the molecule is CCCN1CCC(NC(=NCc2ccnn2C)NCC)CC1. The van der Waals surface area contributed by atoms with Crippen molar-refractivity contribution in [3.8, 4) is 0 Å². The molecule has 2 heterocycles. The molecule has 0 aromatic carbocycles. The molecule has 6 heteroatoms. The highest BCUT2D eigenvalue weighted by Crippen LogP contribution is 2.10. The Hall–Kier alpha value is -1.56. The second-order valence-corrected chi connectivity index (χ2v) is 5.90. The third-order valence-corrected chi connectivity index (χ3v) is 4.13. The van der Waals surface area contributed by atoms with Crippen LogP contribution in [0.25, 0.3) is 0 Å². The topological polar surface area (TPSA) is 57.5 Å². The van der Waals surface area contributed by atoms with Gasteiger partial charge in [0.2, 0.25) is 0 Å². The van der Waals surface area contributed by atoms with E-state index in [0.717, 1.165) is 18.2 Å². The average molecular weight is 306 g/mol. The average Bonchev–Trinajstić information content (AvgIpc) is 2.92. The number of rotatable bonds is 6. The Kier molecular flexibility index (Phi) is 6.71. The summed E-state index contributed by atoms with van der Waals surface area (Å²) in [5.74, 6) is 0.914. The van der Waals surface area contributed by atoms with Crippen LogP contribution in [-0.2, 0) is 13.6 Å². The second kappa shape index (κ2) is 8.78. The predicted octanol–water partition coefficient (Wildman–Crippen LogP) is 1.35. The third-order valence-electron chi connectivity index (χ3n) is 4.13. The number of aryl methyl sites for hydroxylation is 1. The van der Waals surface area contributed by atoms with E-state index in [0.29, 0.717) is 12.6 Å². The van der Waals surface area contributed by atoms with Crippen molar-refractivity contribution < 1.29 is 0 Å². The Labute approximate surface area is 134 Å². The Balaban J connectivity index is 1.85. The summed E-state index contributed by atoms with van der Waals surface area (Å²) < 4.78 is 1.87. The van der Waals surface area contributed by atoms with Gasteiger partial charge in [-0.25, -0.2) is 4.99 Å². The van der Waals surface area contributed by atoms with Crippen LogP contribution in [0.2, 0.25) is 0 Å². The molecule has 2 N–H and O–H groups in total. The molecule has 1 aromatic heterocycles. The summed E-state index contributed by atoms with van der Waals surface area (Å²) >= 11 is 0. The summed E-state index contributed by atoms with van der Waals surface area (Å²) in [4.78, 5) is 7.24. The third kappa shape index (κ3) is 5.02. The molecule has 124 valence electrons. The van der Waals surface area contributed by atoms with E-state index < -0.39 is 0 Å². The molecule has 0 unspecified atom stereocenters. The van der Waals surface area contributed by atoms with Crippen molar-refractivity contribution in [3.63, 3.8) is 0 Å². The molecular formula is C16H30N6. The van der Waals surface area contributed by atoms with E-state index in [1.165, 1.54) is 38.9 Å². The highest BCUT2D eigenvalue weighted by atomic mass is 15.3. The molecular weight excluding hydrogens is 276 g/mol. The van der Waals surface area contributed by atoms with Gasteiger partial charge >= 0.3 is 0 Å². The van der Waals surface area contributed by atoms with Crippen LogP contribution in [0.15, 0.2) is 17.3 Å². The molecule has 0 saturated carbocycles. The van der Waals surface area contributed by atoms with Crippen LogP contribution in [-0.4, -0.2) is 52.9 Å². The predicted molar refractivity (Wildman–Crippen MR) is 90.9 cm³/mol. The molecule has 1 aliphatic rings. The molecule has 2 rings (SSSR count). The van der Waals surface area contributed by atoms with E-state index in [-0.39, 0.29) is 0 Å². The Morgan fingerprint density at radius 2 is 2.14 bits per heavy atom. The lowest BCUT2D eigenvalue weighted by molar-refractivity contribution is 0.206. The van der Waals surface area contributed by atoms with Gasteiger partial charge in [-0.15, -0.1) is 0 Å². The Bertz CT molecular complexity index is 459. The zero-order valence-electron chi connectivity index (χ0n) is 14.2. The molecule has 22 heavy (non-hydrogen) atoms. The minimum atomic E-state index is 0.525. The number of hydrogen-bond donors (Lipinski definition) is 2. The van der Waals surface area contributed by atoms with Gasteiger partial charge in [0.15, 0.2) is 5.96 Å². The minimum absolute atomic E-state index is 0.525. The van der Waals surface area contributed by atoms with E-state index >= 15 is 0 Å². The van der Waals surface area contributed by atoms with Crippen LogP contribution in [0, 0.1) is 0 Å². The number of nitrogens with one attached hydrogen (secondary N) is 2. The molecule has 1 aliphatic heterocycles. The maximum atomic E-state index is 4.69. The zero-order chi connectivity index (χ0) is 15.8. The summed E-state index contributed by atoms with van der Waals surface area (Å²) in [6.07, 6.45) is 5.44. The smallest absolute Gasteiger partial charge is 0.191 e. The van der Waals surface area contributed by atoms with Gasteiger partial charge in [-0.3, -0.25) is 4.68 Å². The summed E-state index contributed by atoms with van der Waals surface area (Å²) in [6.45, 7) is 9.48. The van der Waals surface area contributed by atoms with Gasteiger partial charge in [0.05, 0.1) is 12.2 Å². The largest absolute Gasteiger partial charge is 0.357 e. The first kappa shape index (κ1) is 16.8. The van der Waals surface area contributed by atoms with Crippen LogP contribution in [0.4, 0.5) is 0 Å². The number of piperidine rings is 1. The van der Waals surface area contributed by atoms with E-state index in [4.69, 9.17) is 0 Å². The minimum Gasteiger partial charge on any atom is -0.357 e. The molecule has 6 nitrogen and oxygen atoms in total. The Morgan fingerprint density at radius 3 is 2.73 bits per heavy atom. The fourth-order valence-corrected chi connectivity index (χ4v) is 2.85. The van der Waals surface area contributed by atoms with Crippen LogP contribution in [0.5, 0.6) is 0 Å². The van der Waals surface area contributed by atoms with Crippen molar-refractivity contribution in [2.75, 3.05) is 26.2 Å². The van der Waals surface area contributed by atoms with Crippen molar-refractivity contribution in [1.29, 1.82) is 0 Å². The summed E-state index contributed by atoms with van der Waals surface area (Å²) in [5.41, 5.74) is 1.12. The molecule has 0 aliphatic carbocycles. The quantitative estimate of drug-likeness (QED) is 0.615. The molecule has 0 bridgehead atoms. The van der Waals surface area contributed by atoms with Gasteiger partial charge in [0.1, 0.15) is 0 Å². The van der Waals surface area contributed by atoms with E-state index in [9.17, 15) is 0 Å². The lowest BCUT2D eigenvalue weighted by atomic mass is 10.1. The van der Waals surface area contributed by atoms with Crippen LogP contribution >= 0.6 is 0 Å². The highest BCUT2D eigenvalue weighted by molar-refractivity contribution is 5.80. The van der Waals surface area contributed by atoms with Crippen molar-refractivity contribution in [3.05, 3.63) is 18.0 Å². The van der Waals surface area contributed by atoms with E-state index in [2.05, 4.69) is 39.5 Å². The monoisotopic (exact) mass is 306 g/mol. The summed E-state index contributed by atoms with van der Waals surface area (Å²) in [6, 6.07) is 2.54. The maximum absolute atomic E-state index is 4.69. The van der Waals surface area contributed by atoms with E-state index in [1.54, 1.807) is 0 Å². The molecule has 0 radical (unpaired) electrons. The first-order valence-electron chi connectivity index (χ1n) is 8.47. The summed E-state index contributed by atoms with van der Waals surface area (Å²) in [7, 11) is 1.95. The second-order valence-electron chi connectivity index (χ2n) is 5.90. The molecule has 1 aromatic rings. The van der Waals surface area contributed by atoms with Gasteiger partial charge in [-0.05, 0) is 38.8 Å². The van der Waals surface area contributed by atoms with Gasteiger partial charge in [0.25, 0.3) is 0 Å². The van der Waals surface area contributed by atoms with Crippen LogP contribution < -0.4 is 10.6 Å². The number of guanidine groups is 1. The summed E-state index contributed by atoms with van der Waals surface area (Å²) in [5, 5.41) is 11.1. The molecule has 1 saturated heterocycles. The first-order chi connectivity index (χ1) is 10.7. The van der Waals surface area contributed by atoms with Crippen molar-refractivity contribution in [2.24, 2.45) is 12.0 Å². The standard InChI is InChI=1S/C16H30N6/c1-4-10-22-11-7-14(8-12-22)20-16(17-5-2)18-13-15-6-9-19-21(15)3/h6,9,14H,4-5,7-8,10-13H2,1-3H3,(H2,17,18,20). The van der Waals surface area contributed by atoms with Crippen molar-refractivity contribution >= 4 is 5.96 Å². The number of nitrogens with zero attached hydrogens (tertiary/aromatic N) is 4. The normalized spacial score (nSPS) is 17.7. The number of hydrogen-bond acceptors (Lipinski definition) is 3. The fraction of sp³-hybridized carbons (Fsp3) is 0.750.